The molecule has 0 aliphatic carbocycles. The average molecular weight is 317 g/mol. The van der Waals surface area contributed by atoms with Gasteiger partial charge in [-0.25, -0.2) is 9.97 Å². The van der Waals surface area contributed by atoms with Gasteiger partial charge in [-0.3, -0.25) is 0 Å². The Morgan fingerprint density at radius 2 is 2.17 bits per heavy atom. The second kappa shape index (κ2) is 5.77. The summed E-state index contributed by atoms with van der Waals surface area (Å²) in [4.78, 5) is 15.0. The number of fused-ring (bicyclic) bond motifs is 1. The van der Waals surface area contributed by atoms with Crippen LogP contribution in [0.15, 0.2) is 16.9 Å². The van der Waals surface area contributed by atoms with E-state index in [9.17, 15) is 0 Å². The fourth-order valence-electron chi connectivity index (χ4n) is 3.44. The molecule has 0 radical (unpaired) electrons. The number of hydrogen-bond acceptors (Lipinski definition) is 8. The second-order valence-electron chi connectivity index (χ2n) is 5.89. The summed E-state index contributed by atoms with van der Waals surface area (Å²) in [5.41, 5.74) is 0. The first-order chi connectivity index (χ1) is 11.2. The van der Waals surface area contributed by atoms with Crippen molar-refractivity contribution in [3.63, 3.8) is 0 Å². The third-order valence-corrected chi connectivity index (χ3v) is 4.50. The summed E-state index contributed by atoms with van der Waals surface area (Å²) >= 11 is 0. The molecule has 2 aromatic heterocycles. The molecule has 0 saturated carbocycles. The van der Waals surface area contributed by atoms with E-state index in [2.05, 4.69) is 25.0 Å². The van der Waals surface area contributed by atoms with E-state index >= 15 is 0 Å². The Balaban J connectivity index is 1.49. The number of rotatable bonds is 3. The molecule has 0 N–H and O–H groups in total. The summed E-state index contributed by atoms with van der Waals surface area (Å²) in [6, 6.07) is 2.19. The number of nitrogens with zero attached hydrogens (tertiary/aromatic N) is 5. The number of hydrogen-bond donors (Lipinski definition) is 0. The molecule has 3 atom stereocenters. The molecule has 0 aromatic carbocycles. The molecule has 4 rings (SSSR count). The maximum absolute atomic E-state index is 6.21. The van der Waals surface area contributed by atoms with Gasteiger partial charge in [-0.15, -0.1) is 0 Å². The zero-order chi connectivity index (χ0) is 15.8. The number of methoxy groups -OCH3 is 1. The van der Waals surface area contributed by atoms with E-state index in [1.54, 1.807) is 7.11 Å². The summed E-state index contributed by atoms with van der Waals surface area (Å²) in [6.45, 7) is 2.73. The number of ether oxygens (including phenoxy) is 2. The van der Waals surface area contributed by atoms with Crippen molar-refractivity contribution >= 4 is 5.82 Å². The highest BCUT2D eigenvalue weighted by atomic mass is 16.5. The third kappa shape index (κ3) is 2.63. The van der Waals surface area contributed by atoms with Crippen molar-refractivity contribution in [2.75, 3.05) is 18.6 Å². The van der Waals surface area contributed by atoms with Crippen LogP contribution in [-0.4, -0.2) is 45.9 Å². The SMILES string of the molecule is COc1cc(N2CC[C@H]3O[C@H](c4nc(C)no4)CC[C@H]32)ncn1. The van der Waals surface area contributed by atoms with Crippen molar-refractivity contribution in [1.29, 1.82) is 0 Å². The molecule has 8 heteroatoms. The summed E-state index contributed by atoms with van der Waals surface area (Å²) < 4.78 is 16.7. The van der Waals surface area contributed by atoms with Crippen LogP contribution < -0.4 is 9.64 Å². The van der Waals surface area contributed by atoms with E-state index in [0.717, 1.165) is 31.6 Å². The average Bonchev–Trinajstić information content (AvgIpc) is 3.20. The quantitative estimate of drug-likeness (QED) is 0.845. The van der Waals surface area contributed by atoms with Crippen LogP contribution in [0.4, 0.5) is 5.82 Å². The molecule has 2 aliphatic rings. The van der Waals surface area contributed by atoms with Gasteiger partial charge in [-0.05, 0) is 26.2 Å². The Morgan fingerprint density at radius 3 is 2.96 bits per heavy atom. The van der Waals surface area contributed by atoms with Crippen LogP contribution in [0.25, 0.3) is 0 Å². The highest BCUT2D eigenvalue weighted by Crippen LogP contribution is 2.39. The molecule has 2 aromatic rings. The number of anilines is 1. The van der Waals surface area contributed by atoms with Crippen LogP contribution in [-0.2, 0) is 4.74 Å². The first kappa shape index (κ1) is 14.4. The van der Waals surface area contributed by atoms with Gasteiger partial charge in [0.2, 0.25) is 5.88 Å². The lowest BCUT2D eigenvalue weighted by Gasteiger charge is -2.35. The second-order valence-corrected chi connectivity index (χ2v) is 5.89. The predicted molar refractivity (Wildman–Crippen MR) is 80.2 cm³/mol. The van der Waals surface area contributed by atoms with E-state index in [0.29, 0.717) is 23.6 Å². The zero-order valence-corrected chi connectivity index (χ0v) is 13.2. The molecule has 122 valence electrons. The summed E-state index contributed by atoms with van der Waals surface area (Å²) in [7, 11) is 1.61. The van der Waals surface area contributed by atoms with Crippen molar-refractivity contribution < 1.29 is 14.0 Å². The molecule has 0 bridgehead atoms. The highest BCUT2D eigenvalue weighted by molar-refractivity contribution is 5.44. The Bertz CT molecular complexity index is 691. The summed E-state index contributed by atoms with van der Waals surface area (Å²) in [5.74, 6) is 2.70. The molecule has 2 fully saturated rings. The van der Waals surface area contributed by atoms with Gasteiger partial charge in [0, 0.05) is 12.6 Å². The molecule has 23 heavy (non-hydrogen) atoms. The van der Waals surface area contributed by atoms with E-state index in [1.807, 2.05) is 13.0 Å². The van der Waals surface area contributed by atoms with Crippen molar-refractivity contribution in [2.24, 2.45) is 0 Å². The lowest BCUT2D eigenvalue weighted by Crippen LogP contribution is -2.41. The molecule has 0 unspecified atom stereocenters. The van der Waals surface area contributed by atoms with Crippen molar-refractivity contribution in [2.45, 2.75) is 44.4 Å². The fourth-order valence-corrected chi connectivity index (χ4v) is 3.44. The molecule has 2 aliphatic heterocycles. The zero-order valence-electron chi connectivity index (χ0n) is 13.2. The normalized spacial score (nSPS) is 27.0. The van der Waals surface area contributed by atoms with Crippen LogP contribution >= 0.6 is 0 Å². The topological polar surface area (TPSA) is 86.4 Å². The van der Waals surface area contributed by atoms with Crippen LogP contribution in [0.3, 0.4) is 0 Å². The largest absolute Gasteiger partial charge is 0.481 e. The minimum Gasteiger partial charge on any atom is -0.481 e. The smallest absolute Gasteiger partial charge is 0.255 e. The molecule has 8 nitrogen and oxygen atoms in total. The van der Waals surface area contributed by atoms with Gasteiger partial charge in [0.25, 0.3) is 5.89 Å². The third-order valence-electron chi connectivity index (χ3n) is 4.50. The van der Waals surface area contributed by atoms with Gasteiger partial charge in [-0.2, -0.15) is 4.98 Å². The number of aryl methyl sites for hydroxylation is 1. The Morgan fingerprint density at radius 1 is 1.26 bits per heavy atom. The maximum atomic E-state index is 6.21. The lowest BCUT2D eigenvalue weighted by molar-refractivity contribution is -0.0657. The Hall–Kier alpha value is -2.22. The van der Waals surface area contributed by atoms with Gasteiger partial charge in [0.05, 0.1) is 19.3 Å². The van der Waals surface area contributed by atoms with Gasteiger partial charge >= 0.3 is 0 Å². The number of aromatic nitrogens is 4. The molecule has 0 amide bonds. The molecular weight excluding hydrogens is 298 g/mol. The van der Waals surface area contributed by atoms with Gasteiger partial charge in [0.1, 0.15) is 18.2 Å². The van der Waals surface area contributed by atoms with Crippen LogP contribution in [0, 0.1) is 6.92 Å². The monoisotopic (exact) mass is 317 g/mol. The first-order valence-electron chi connectivity index (χ1n) is 7.83. The van der Waals surface area contributed by atoms with Gasteiger partial charge < -0.3 is 18.9 Å². The van der Waals surface area contributed by atoms with E-state index in [1.165, 1.54) is 6.33 Å². The summed E-state index contributed by atoms with van der Waals surface area (Å²) in [5, 5.41) is 3.85. The Labute approximate surface area is 133 Å². The molecule has 0 spiro atoms. The van der Waals surface area contributed by atoms with E-state index < -0.39 is 0 Å². The fraction of sp³-hybridized carbons (Fsp3) is 0.600. The van der Waals surface area contributed by atoms with Crippen molar-refractivity contribution in [3.05, 3.63) is 24.1 Å². The predicted octanol–water partition coefficient (Wildman–Crippen LogP) is 1.68. The van der Waals surface area contributed by atoms with Crippen LogP contribution in [0.2, 0.25) is 0 Å². The van der Waals surface area contributed by atoms with E-state index in [-0.39, 0.29) is 12.2 Å². The minimum absolute atomic E-state index is 0.0997. The van der Waals surface area contributed by atoms with Crippen molar-refractivity contribution in [1.82, 2.24) is 20.1 Å². The van der Waals surface area contributed by atoms with E-state index in [4.69, 9.17) is 14.0 Å². The van der Waals surface area contributed by atoms with Gasteiger partial charge in [0.15, 0.2) is 5.82 Å². The highest BCUT2D eigenvalue weighted by Gasteiger charge is 2.42. The summed E-state index contributed by atoms with van der Waals surface area (Å²) in [6.07, 6.45) is 4.42. The van der Waals surface area contributed by atoms with Crippen LogP contribution in [0.5, 0.6) is 5.88 Å². The molecular formula is C15H19N5O3. The van der Waals surface area contributed by atoms with Crippen molar-refractivity contribution in [3.8, 4) is 5.88 Å². The standard InChI is InChI=1S/C15H19N5O3/c1-9-18-15(23-19-9)12-4-3-10-11(22-12)5-6-20(10)13-7-14(21-2)17-8-16-13/h7-8,10-12H,3-6H2,1-2H3/t10-,11-,12+/m1/s1. The van der Waals surface area contributed by atoms with Gasteiger partial charge in [-0.1, -0.05) is 5.16 Å². The maximum Gasteiger partial charge on any atom is 0.255 e. The molecule has 4 heterocycles. The Kier molecular flexibility index (Phi) is 3.60. The minimum atomic E-state index is -0.0997. The van der Waals surface area contributed by atoms with Crippen LogP contribution in [0.1, 0.15) is 37.1 Å². The molecule has 2 saturated heterocycles. The lowest BCUT2D eigenvalue weighted by atomic mass is 9.99. The first-order valence-corrected chi connectivity index (χ1v) is 7.83.